The van der Waals surface area contributed by atoms with E-state index in [1.165, 1.54) is 31.0 Å². The van der Waals surface area contributed by atoms with E-state index in [0.29, 0.717) is 34.3 Å². The van der Waals surface area contributed by atoms with Crippen LogP contribution in [0.3, 0.4) is 0 Å². The Morgan fingerprint density at radius 1 is 1.30 bits per heavy atom. The topological polar surface area (TPSA) is 64.0 Å². The first kappa shape index (κ1) is 19.9. The third-order valence-corrected chi connectivity index (χ3v) is 6.33. The number of fused-ring (bicyclic) bond motifs is 1. The van der Waals surface area contributed by atoms with Gasteiger partial charge in [-0.05, 0) is 37.3 Å². The van der Waals surface area contributed by atoms with Crippen LogP contribution in [-0.4, -0.2) is 27.3 Å². The van der Waals surface area contributed by atoms with E-state index in [0.717, 1.165) is 19.3 Å². The van der Waals surface area contributed by atoms with Crippen LogP contribution >= 0.6 is 11.8 Å². The van der Waals surface area contributed by atoms with E-state index in [1.54, 1.807) is 4.57 Å². The number of carbonyl (C=O) groups is 1. The first-order valence-corrected chi connectivity index (χ1v) is 11.0. The molecule has 0 bridgehead atoms. The molecule has 1 aromatic carbocycles. The molecular weight excluding hydrogens is 358 g/mol. The van der Waals surface area contributed by atoms with Gasteiger partial charge in [-0.2, -0.15) is 0 Å². The molecule has 1 saturated carbocycles. The number of para-hydroxylation sites is 1. The molecule has 1 heterocycles. The Bertz CT molecular complexity index is 849. The Morgan fingerprint density at radius 3 is 2.85 bits per heavy atom. The van der Waals surface area contributed by atoms with E-state index >= 15 is 0 Å². The molecule has 1 fully saturated rings. The lowest BCUT2D eigenvalue weighted by atomic mass is 9.86. The second-order valence-corrected chi connectivity index (χ2v) is 8.39. The average Bonchev–Trinajstić information content (AvgIpc) is 2.68. The van der Waals surface area contributed by atoms with Crippen molar-refractivity contribution in [3.8, 4) is 0 Å². The molecule has 27 heavy (non-hydrogen) atoms. The number of hydrogen-bond acceptors (Lipinski definition) is 4. The smallest absolute Gasteiger partial charge is 0.262 e. The molecule has 0 spiro atoms. The van der Waals surface area contributed by atoms with Crippen LogP contribution in [0.4, 0.5) is 0 Å². The van der Waals surface area contributed by atoms with Crippen LogP contribution < -0.4 is 10.9 Å². The molecule has 1 aliphatic carbocycles. The lowest BCUT2D eigenvalue weighted by Gasteiger charge is -2.29. The highest BCUT2D eigenvalue weighted by Gasteiger charge is 2.23. The fourth-order valence-corrected chi connectivity index (χ4v) is 4.52. The zero-order valence-corrected chi connectivity index (χ0v) is 17.1. The molecule has 1 N–H and O–H groups in total. The van der Waals surface area contributed by atoms with Crippen LogP contribution in [0.1, 0.15) is 52.4 Å². The largest absolute Gasteiger partial charge is 0.352 e. The molecule has 1 aliphatic rings. The number of nitrogens with one attached hydrogen (secondary N) is 1. The molecule has 3 rings (SSSR count). The maximum absolute atomic E-state index is 12.9. The molecule has 5 nitrogen and oxygen atoms in total. The number of thioether (sulfide) groups is 1. The molecule has 1 aromatic heterocycles. The second kappa shape index (κ2) is 9.40. The quantitative estimate of drug-likeness (QED) is 0.576. The Balaban J connectivity index is 1.74. The summed E-state index contributed by atoms with van der Waals surface area (Å²) in [5.74, 6) is 0.859. The number of rotatable bonds is 7. The molecule has 0 unspecified atom stereocenters. The van der Waals surface area contributed by atoms with Gasteiger partial charge in [-0.25, -0.2) is 4.98 Å². The van der Waals surface area contributed by atoms with Crippen molar-refractivity contribution in [1.82, 2.24) is 14.9 Å². The van der Waals surface area contributed by atoms with Gasteiger partial charge in [-0.3, -0.25) is 14.2 Å². The van der Waals surface area contributed by atoms with Gasteiger partial charge in [-0.1, -0.05) is 57.0 Å². The first-order valence-electron chi connectivity index (χ1n) is 10.0. The predicted molar refractivity (Wildman–Crippen MR) is 111 cm³/mol. The zero-order valence-electron chi connectivity index (χ0n) is 16.2. The monoisotopic (exact) mass is 387 g/mol. The predicted octanol–water partition coefficient (Wildman–Crippen LogP) is 3.98. The van der Waals surface area contributed by atoms with Crippen molar-refractivity contribution >= 4 is 28.6 Å². The van der Waals surface area contributed by atoms with E-state index in [9.17, 15) is 9.59 Å². The van der Waals surface area contributed by atoms with Gasteiger partial charge in [-0.15, -0.1) is 0 Å². The summed E-state index contributed by atoms with van der Waals surface area (Å²) in [4.78, 5) is 30.0. The molecule has 6 heteroatoms. The van der Waals surface area contributed by atoms with E-state index in [1.807, 2.05) is 24.3 Å². The first-order chi connectivity index (χ1) is 13.1. The van der Waals surface area contributed by atoms with Gasteiger partial charge < -0.3 is 5.32 Å². The fourth-order valence-electron chi connectivity index (χ4n) is 3.68. The van der Waals surface area contributed by atoms with E-state index in [2.05, 4.69) is 24.1 Å². The highest BCUT2D eigenvalue weighted by atomic mass is 32.2. The van der Waals surface area contributed by atoms with Crippen LogP contribution in [0.2, 0.25) is 0 Å². The lowest BCUT2D eigenvalue weighted by molar-refractivity contribution is -0.119. The Morgan fingerprint density at radius 2 is 2.07 bits per heavy atom. The van der Waals surface area contributed by atoms with Gasteiger partial charge in [0.25, 0.3) is 5.56 Å². The summed E-state index contributed by atoms with van der Waals surface area (Å²) in [7, 11) is 0. The van der Waals surface area contributed by atoms with Crippen molar-refractivity contribution in [3.05, 3.63) is 34.6 Å². The summed E-state index contributed by atoms with van der Waals surface area (Å²) in [6, 6.07) is 7.70. The summed E-state index contributed by atoms with van der Waals surface area (Å²) < 4.78 is 1.73. The van der Waals surface area contributed by atoms with E-state index < -0.39 is 0 Å². The number of hydrogen-bond donors (Lipinski definition) is 1. The van der Waals surface area contributed by atoms with Crippen LogP contribution in [0.5, 0.6) is 0 Å². The standard InChI is InChI=1S/C21H29N3O2S/c1-3-4-13-24-20(26)16-10-6-8-12-18(16)23-21(24)27-14-19(25)22-17-11-7-5-9-15(17)2/h6,8,10,12,15,17H,3-5,7,9,11,13-14H2,1-2H3,(H,22,25)/t15-,17-/m0/s1. The van der Waals surface area contributed by atoms with Crippen molar-refractivity contribution in [3.63, 3.8) is 0 Å². The second-order valence-electron chi connectivity index (χ2n) is 7.45. The highest BCUT2D eigenvalue weighted by Crippen LogP contribution is 2.24. The van der Waals surface area contributed by atoms with Crippen LogP contribution in [0.25, 0.3) is 10.9 Å². The number of carbonyl (C=O) groups excluding carboxylic acids is 1. The minimum absolute atomic E-state index is 0.0159. The number of unbranched alkanes of at least 4 members (excludes halogenated alkanes) is 1. The zero-order chi connectivity index (χ0) is 19.2. The molecule has 0 aliphatic heterocycles. The van der Waals surface area contributed by atoms with Crippen LogP contribution in [0, 0.1) is 5.92 Å². The summed E-state index contributed by atoms with van der Waals surface area (Å²) >= 11 is 1.36. The van der Waals surface area contributed by atoms with Crippen molar-refractivity contribution < 1.29 is 4.79 Å². The SMILES string of the molecule is CCCCn1c(SCC(=O)N[C@H]2CCCC[C@@H]2C)nc2ccccc2c1=O. The summed E-state index contributed by atoms with van der Waals surface area (Å²) in [5, 5.41) is 4.45. The molecule has 1 amide bonds. The minimum Gasteiger partial charge on any atom is -0.352 e. The molecular formula is C21H29N3O2S. The third-order valence-electron chi connectivity index (χ3n) is 5.35. The molecule has 0 saturated heterocycles. The average molecular weight is 388 g/mol. The van der Waals surface area contributed by atoms with Crippen molar-refractivity contribution in [2.75, 3.05) is 5.75 Å². The van der Waals surface area contributed by atoms with Crippen LogP contribution in [-0.2, 0) is 11.3 Å². The van der Waals surface area contributed by atoms with Crippen molar-refractivity contribution in [1.29, 1.82) is 0 Å². The molecule has 2 aromatic rings. The summed E-state index contributed by atoms with van der Waals surface area (Å²) in [6.07, 6.45) is 6.61. The minimum atomic E-state index is -0.0159. The van der Waals surface area contributed by atoms with E-state index in [4.69, 9.17) is 0 Å². The molecule has 146 valence electrons. The lowest BCUT2D eigenvalue weighted by Crippen LogP contribution is -2.42. The fraction of sp³-hybridized carbons (Fsp3) is 0.571. The van der Waals surface area contributed by atoms with Gasteiger partial charge in [0.2, 0.25) is 5.91 Å². The van der Waals surface area contributed by atoms with Crippen molar-refractivity contribution in [2.24, 2.45) is 5.92 Å². The maximum Gasteiger partial charge on any atom is 0.262 e. The van der Waals surface area contributed by atoms with Gasteiger partial charge in [0.15, 0.2) is 5.16 Å². The maximum atomic E-state index is 12.9. The Hall–Kier alpha value is -1.82. The number of benzene rings is 1. The number of amides is 1. The Kier molecular flexibility index (Phi) is 6.94. The molecule has 0 radical (unpaired) electrons. The number of aromatic nitrogens is 2. The third kappa shape index (κ3) is 4.92. The molecule has 2 atom stereocenters. The van der Waals surface area contributed by atoms with Gasteiger partial charge in [0.1, 0.15) is 0 Å². The normalized spacial score (nSPS) is 19.9. The summed E-state index contributed by atoms with van der Waals surface area (Å²) in [6.45, 7) is 4.95. The number of nitrogens with zero attached hydrogens (tertiary/aromatic N) is 2. The van der Waals surface area contributed by atoms with Gasteiger partial charge in [0, 0.05) is 12.6 Å². The summed E-state index contributed by atoms with van der Waals surface area (Å²) in [5.41, 5.74) is 0.678. The van der Waals surface area contributed by atoms with Gasteiger partial charge >= 0.3 is 0 Å². The van der Waals surface area contributed by atoms with Crippen LogP contribution in [0.15, 0.2) is 34.2 Å². The highest BCUT2D eigenvalue weighted by molar-refractivity contribution is 7.99. The van der Waals surface area contributed by atoms with Gasteiger partial charge in [0.05, 0.1) is 16.7 Å². The van der Waals surface area contributed by atoms with E-state index in [-0.39, 0.29) is 17.5 Å². The Labute approximate surface area is 164 Å². The van der Waals surface area contributed by atoms with Crippen molar-refractivity contribution in [2.45, 2.75) is 70.1 Å².